The molecule has 1 atom stereocenters. The van der Waals surface area contributed by atoms with Gasteiger partial charge in [0.25, 0.3) is 0 Å². The number of benzene rings is 1. The van der Waals surface area contributed by atoms with Crippen LogP contribution >= 0.6 is 15.9 Å². The van der Waals surface area contributed by atoms with Gasteiger partial charge < -0.3 is 10.6 Å². The van der Waals surface area contributed by atoms with Gasteiger partial charge in [0, 0.05) is 17.6 Å². The van der Waals surface area contributed by atoms with Crippen molar-refractivity contribution in [2.45, 2.75) is 26.3 Å². The minimum atomic E-state index is -0.264. The maximum Gasteiger partial charge on any atom is 0.227 e. The Hall–Kier alpha value is -0.870. The molecule has 3 nitrogen and oxygen atoms in total. The Kier molecular flexibility index (Phi) is 4.40. The highest BCUT2D eigenvalue weighted by molar-refractivity contribution is 9.10. The summed E-state index contributed by atoms with van der Waals surface area (Å²) in [6.07, 6.45) is 2.03. The summed E-state index contributed by atoms with van der Waals surface area (Å²) < 4.78 is 1.04. The summed E-state index contributed by atoms with van der Waals surface area (Å²) in [6, 6.07) is 7.97. The van der Waals surface area contributed by atoms with E-state index < -0.39 is 0 Å². The molecule has 1 unspecified atom stereocenters. The summed E-state index contributed by atoms with van der Waals surface area (Å²) >= 11 is 3.49. The van der Waals surface area contributed by atoms with Crippen LogP contribution in [0.15, 0.2) is 28.7 Å². The molecule has 0 bridgehead atoms. The van der Waals surface area contributed by atoms with Gasteiger partial charge in [-0.2, -0.15) is 0 Å². The first-order chi connectivity index (χ1) is 8.62. The van der Waals surface area contributed by atoms with Crippen molar-refractivity contribution in [1.29, 1.82) is 0 Å². The normalized spacial score (nSPS) is 23.7. The fourth-order valence-corrected chi connectivity index (χ4v) is 2.71. The Labute approximate surface area is 116 Å². The van der Waals surface area contributed by atoms with Gasteiger partial charge in [0.1, 0.15) is 0 Å². The minimum absolute atomic E-state index is 0.144. The number of nitrogens with one attached hydrogen (secondary N) is 2. The van der Waals surface area contributed by atoms with E-state index in [0.717, 1.165) is 36.0 Å². The molecule has 1 fully saturated rings. The van der Waals surface area contributed by atoms with E-state index in [1.807, 2.05) is 31.2 Å². The van der Waals surface area contributed by atoms with Crippen LogP contribution in [0.5, 0.6) is 0 Å². The van der Waals surface area contributed by atoms with E-state index >= 15 is 0 Å². The van der Waals surface area contributed by atoms with Crippen LogP contribution in [0.4, 0.5) is 0 Å². The Bertz CT molecular complexity index is 428. The van der Waals surface area contributed by atoms with Gasteiger partial charge in [-0.3, -0.25) is 4.79 Å². The molecule has 0 radical (unpaired) electrons. The molecule has 1 aliphatic heterocycles. The lowest BCUT2D eigenvalue weighted by Gasteiger charge is -2.32. The van der Waals surface area contributed by atoms with Crippen LogP contribution < -0.4 is 10.6 Å². The van der Waals surface area contributed by atoms with Crippen LogP contribution in [0.25, 0.3) is 0 Å². The van der Waals surface area contributed by atoms with Gasteiger partial charge in [-0.1, -0.05) is 34.1 Å². The van der Waals surface area contributed by atoms with E-state index in [9.17, 15) is 4.79 Å². The Morgan fingerprint density at radius 3 is 2.94 bits per heavy atom. The molecule has 0 aliphatic carbocycles. The first-order valence-electron chi connectivity index (χ1n) is 6.34. The molecule has 18 heavy (non-hydrogen) atoms. The van der Waals surface area contributed by atoms with Crippen LogP contribution in [0, 0.1) is 5.41 Å². The van der Waals surface area contributed by atoms with Crippen LogP contribution in [0.2, 0.25) is 0 Å². The van der Waals surface area contributed by atoms with Crippen molar-refractivity contribution in [1.82, 2.24) is 10.6 Å². The Morgan fingerprint density at radius 2 is 2.28 bits per heavy atom. The number of carbonyl (C=O) groups is 1. The highest BCUT2D eigenvalue weighted by Gasteiger charge is 2.34. The van der Waals surface area contributed by atoms with Crippen molar-refractivity contribution in [3.05, 3.63) is 34.3 Å². The molecule has 98 valence electrons. The number of amides is 1. The monoisotopic (exact) mass is 310 g/mol. The van der Waals surface area contributed by atoms with Crippen molar-refractivity contribution in [3.63, 3.8) is 0 Å². The third-order valence-electron chi connectivity index (χ3n) is 3.54. The first kappa shape index (κ1) is 13.6. The summed E-state index contributed by atoms with van der Waals surface area (Å²) in [5.74, 6) is 0.144. The molecule has 4 heteroatoms. The zero-order valence-corrected chi connectivity index (χ0v) is 12.2. The van der Waals surface area contributed by atoms with Crippen molar-refractivity contribution in [2.75, 3.05) is 13.1 Å². The Balaban J connectivity index is 1.94. The number of rotatable bonds is 3. The van der Waals surface area contributed by atoms with Crippen molar-refractivity contribution < 1.29 is 4.79 Å². The highest BCUT2D eigenvalue weighted by Crippen LogP contribution is 2.25. The van der Waals surface area contributed by atoms with E-state index in [1.165, 1.54) is 0 Å². The van der Waals surface area contributed by atoms with Gasteiger partial charge in [-0.05, 0) is 37.9 Å². The van der Waals surface area contributed by atoms with E-state index in [-0.39, 0.29) is 11.3 Å². The van der Waals surface area contributed by atoms with E-state index in [4.69, 9.17) is 0 Å². The maximum atomic E-state index is 12.2. The second kappa shape index (κ2) is 5.85. The highest BCUT2D eigenvalue weighted by atomic mass is 79.9. The molecule has 1 aromatic carbocycles. The van der Waals surface area contributed by atoms with Gasteiger partial charge in [-0.25, -0.2) is 0 Å². The van der Waals surface area contributed by atoms with Crippen LogP contribution in [-0.4, -0.2) is 19.0 Å². The lowest BCUT2D eigenvalue weighted by atomic mass is 9.82. The smallest absolute Gasteiger partial charge is 0.227 e. The maximum absolute atomic E-state index is 12.2. The second-order valence-corrected chi connectivity index (χ2v) is 5.97. The van der Waals surface area contributed by atoms with Crippen LogP contribution in [0.1, 0.15) is 25.3 Å². The molecule has 0 spiro atoms. The third kappa shape index (κ3) is 3.12. The summed E-state index contributed by atoms with van der Waals surface area (Å²) in [5.41, 5.74) is 0.845. The SMILES string of the molecule is CC1(C(=O)NCc2ccccc2Br)CCCNC1. The van der Waals surface area contributed by atoms with Crippen LogP contribution in [0.3, 0.4) is 0 Å². The molecular weight excluding hydrogens is 292 g/mol. The third-order valence-corrected chi connectivity index (χ3v) is 4.32. The predicted molar refractivity (Wildman–Crippen MR) is 76.2 cm³/mol. The summed E-state index contributed by atoms with van der Waals surface area (Å²) in [6.45, 7) is 4.41. The molecule has 2 rings (SSSR count). The number of halogens is 1. The fraction of sp³-hybridized carbons (Fsp3) is 0.500. The molecule has 1 aliphatic rings. The molecule has 1 amide bonds. The number of hydrogen-bond acceptors (Lipinski definition) is 2. The summed E-state index contributed by atoms with van der Waals surface area (Å²) in [7, 11) is 0. The van der Waals surface area contributed by atoms with Gasteiger partial charge in [0.15, 0.2) is 0 Å². The first-order valence-corrected chi connectivity index (χ1v) is 7.13. The lowest BCUT2D eigenvalue weighted by Crippen LogP contribution is -2.48. The van der Waals surface area contributed by atoms with E-state index in [0.29, 0.717) is 6.54 Å². The van der Waals surface area contributed by atoms with Gasteiger partial charge in [-0.15, -0.1) is 0 Å². The second-order valence-electron chi connectivity index (χ2n) is 5.12. The Morgan fingerprint density at radius 1 is 1.50 bits per heavy atom. The molecule has 1 heterocycles. The predicted octanol–water partition coefficient (Wildman–Crippen LogP) is 2.46. The number of carbonyl (C=O) groups excluding carboxylic acids is 1. The largest absolute Gasteiger partial charge is 0.351 e. The molecule has 0 aromatic heterocycles. The fourth-order valence-electron chi connectivity index (χ4n) is 2.28. The minimum Gasteiger partial charge on any atom is -0.351 e. The van der Waals surface area contributed by atoms with Gasteiger partial charge in [0.05, 0.1) is 5.41 Å². The number of piperidine rings is 1. The molecular formula is C14H19BrN2O. The summed E-state index contributed by atoms with van der Waals surface area (Å²) in [4.78, 5) is 12.2. The van der Waals surface area contributed by atoms with Gasteiger partial charge in [0.2, 0.25) is 5.91 Å². The lowest BCUT2D eigenvalue weighted by molar-refractivity contribution is -0.131. The van der Waals surface area contributed by atoms with Crippen molar-refractivity contribution >= 4 is 21.8 Å². The van der Waals surface area contributed by atoms with Crippen molar-refractivity contribution in [2.24, 2.45) is 5.41 Å². The molecule has 2 N–H and O–H groups in total. The quantitative estimate of drug-likeness (QED) is 0.900. The molecule has 1 saturated heterocycles. The topological polar surface area (TPSA) is 41.1 Å². The van der Waals surface area contributed by atoms with E-state index in [1.54, 1.807) is 0 Å². The van der Waals surface area contributed by atoms with Crippen LogP contribution in [-0.2, 0) is 11.3 Å². The average Bonchev–Trinajstić information content (AvgIpc) is 2.38. The van der Waals surface area contributed by atoms with E-state index in [2.05, 4.69) is 26.6 Å². The summed E-state index contributed by atoms with van der Waals surface area (Å²) in [5, 5.41) is 6.34. The number of hydrogen-bond donors (Lipinski definition) is 2. The van der Waals surface area contributed by atoms with Gasteiger partial charge >= 0.3 is 0 Å². The zero-order valence-electron chi connectivity index (χ0n) is 10.6. The molecule has 0 saturated carbocycles. The standard InChI is InChI=1S/C14H19BrN2O/c1-14(7-4-8-16-10-14)13(18)17-9-11-5-2-3-6-12(11)15/h2-3,5-6,16H,4,7-10H2,1H3,(H,17,18). The van der Waals surface area contributed by atoms with Crippen molar-refractivity contribution in [3.8, 4) is 0 Å². The zero-order chi connectivity index (χ0) is 13.0. The average molecular weight is 311 g/mol. The molecule has 1 aromatic rings.